The molecule has 0 amide bonds. The number of nitrogens with zero attached hydrogens (tertiary/aromatic N) is 3. The van der Waals surface area contributed by atoms with Gasteiger partial charge in [0.1, 0.15) is 0 Å². The molecule has 0 spiro atoms. The molecular weight excluding hydrogens is 655 g/mol. The zero-order chi connectivity index (χ0) is 35.8. The number of aromatic nitrogens is 3. The molecule has 1 aliphatic rings. The Morgan fingerprint density at radius 3 is 0.907 bits per heavy atom. The summed E-state index contributed by atoms with van der Waals surface area (Å²) in [7, 11) is 0. The number of benzene rings is 6. The van der Waals surface area contributed by atoms with E-state index in [0.717, 1.165) is 99.5 Å². The molecule has 9 aromatic rings. The molecule has 54 heavy (non-hydrogen) atoms. The summed E-state index contributed by atoms with van der Waals surface area (Å²) in [5, 5.41) is 3.27. The van der Waals surface area contributed by atoms with Crippen molar-refractivity contribution in [3.05, 3.63) is 198 Å². The summed E-state index contributed by atoms with van der Waals surface area (Å²) in [6.07, 6.45) is 5.52. The van der Waals surface area contributed by atoms with Crippen LogP contribution < -0.4 is 0 Å². The van der Waals surface area contributed by atoms with Crippen LogP contribution in [0.4, 0.5) is 0 Å². The van der Waals surface area contributed by atoms with E-state index in [-0.39, 0.29) is 0 Å². The lowest BCUT2D eigenvalue weighted by atomic mass is 9.94. The predicted octanol–water partition coefficient (Wildman–Crippen LogP) is 10.8. The Labute approximate surface area is 313 Å². The number of pyridine rings is 3. The van der Waals surface area contributed by atoms with Gasteiger partial charge in [-0.1, -0.05) is 127 Å². The van der Waals surface area contributed by atoms with Crippen LogP contribution in [0.15, 0.2) is 164 Å². The van der Waals surface area contributed by atoms with Gasteiger partial charge in [-0.3, -0.25) is 15.0 Å². The van der Waals surface area contributed by atoms with Gasteiger partial charge in [-0.05, 0) is 71.3 Å². The Kier molecular flexibility index (Phi) is 7.51. The van der Waals surface area contributed by atoms with Crippen molar-refractivity contribution in [2.45, 2.75) is 0 Å². The zero-order valence-electron chi connectivity index (χ0n) is 28.9. The SMILES string of the molecule is C1#Cc2ccc(-c3cccc4cccnc34)cc2C#Cc2cc(-c3cccc4cccnc34)ccc2C#Cc2cc(-c3cccc4cccnc34)ccc21. The minimum atomic E-state index is 0.834. The molecule has 0 radical (unpaired) electrons. The average Bonchev–Trinajstić information content (AvgIpc) is 3.23. The van der Waals surface area contributed by atoms with Gasteiger partial charge in [-0.2, -0.15) is 0 Å². The summed E-state index contributed by atoms with van der Waals surface area (Å²) >= 11 is 0. The minimum Gasteiger partial charge on any atom is -0.256 e. The minimum absolute atomic E-state index is 0.834. The lowest BCUT2D eigenvalue weighted by Gasteiger charge is -2.10. The van der Waals surface area contributed by atoms with Gasteiger partial charge in [0.15, 0.2) is 0 Å². The van der Waals surface area contributed by atoms with E-state index in [1.807, 2.05) is 36.8 Å². The number of fused-ring (bicyclic) bond motifs is 6. The van der Waals surface area contributed by atoms with Gasteiger partial charge in [0.25, 0.3) is 0 Å². The third kappa shape index (κ3) is 5.62. The van der Waals surface area contributed by atoms with Crippen molar-refractivity contribution in [2.75, 3.05) is 0 Å². The fraction of sp³-hybridized carbons (Fsp3) is 0. The van der Waals surface area contributed by atoms with E-state index in [4.69, 9.17) is 15.0 Å². The highest BCUT2D eigenvalue weighted by molar-refractivity contribution is 5.96. The number of hydrogen-bond donors (Lipinski definition) is 0. The Balaban J connectivity index is 1.19. The van der Waals surface area contributed by atoms with Crippen LogP contribution in [0, 0.1) is 35.5 Å². The average molecular weight is 682 g/mol. The molecule has 246 valence electrons. The summed E-state index contributed by atoms with van der Waals surface area (Å²) < 4.78 is 0. The monoisotopic (exact) mass is 681 g/mol. The highest BCUT2D eigenvalue weighted by atomic mass is 14.7. The van der Waals surface area contributed by atoms with E-state index in [2.05, 4.69) is 163 Å². The molecule has 3 heterocycles. The van der Waals surface area contributed by atoms with Gasteiger partial charge in [0.05, 0.1) is 16.6 Å². The van der Waals surface area contributed by atoms with Crippen LogP contribution in [0.2, 0.25) is 0 Å². The summed E-state index contributed by atoms with van der Waals surface area (Å²) in [6, 6.07) is 49.9. The molecule has 0 atom stereocenters. The van der Waals surface area contributed by atoms with Crippen LogP contribution >= 0.6 is 0 Å². The molecule has 10 rings (SSSR count). The molecule has 6 aromatic carbocycles. The first kappa shape index (κ1) is 31.0. The normalized spacial score (nSPS) is 11.3. The number of rotatable bonds is 3. The molecular formula is C51H27N3. The second-order valence-corrected chi connectivity index (χ2v) is 13.2. The maximum atomic E-state index is 4.73. The van der Waals surface area contributed by atoms with Gasteiger partial charge in [-0.15, -0.1) is 0 Å². The molecule has 0 bridgehead atoms. The van der Waals surface area contributed by atoms with Crippen molar-refractivity contribution < 1.29 is 0 Å². The third-order valence-electron chi connectivity index (χ3n) is 9.89. The first-order valence-corrected chi connectivity index (χ1v) is 17.8. The van der Waals surface area contributed by atoms with E-state index in [1.165, 1.54) is 0 Å². The van der Waals surface area contributed by atoms with E-state index >= 15 is 0 Å². The van der Waals surface area contributed by atoms with E-state index < -0.39 is 0 Å². The van der Waals surface area contributed by atoms with Crippen LogP contribution in [-0.2, 0) is 0 Å². The largest absolute Gasteiger partial charge is 0.256 e. The summed E-state index contributed by atoms with van der Waals surface area (Å²) in [5.41, 5.74) is 14.2. The molecule has 0 saturated heterocycles. The number of hydrogen-bond acceptors (Lipinski definition) is 3. The molecule has 1 aliphatic carbocycles. The van der Waals surface area contributed by atoms with Gasteiger partial charge < -0.3 is 0 Å². The molecule has 0 fully saturated rings. The molecule has 3 nitrogen and oxygen atoms in total. The number of para-hydroxylation sites is 3. The van der Waals surface area contributed by atoms with E-state index in [0.29, 0.717) is 0 Å². The van der Waals surface area contributed by atoms with Crippen molar-refractivity contribution in [3.63, 3.8) is 0 Å². The third-order valence-corrected chi connectivity index (χ3v) is 9.89. The van der Waals surface area contributed by atoms with Gasteiger partial charge in [0.2, 0.25) is 0 Å². The molecule has 0 N–H and O–H groups in total. The van der Waals surface area contributed by atoms with Crippen LogP contribution in [-0.4, -0.2) is 15.0 Å². The maximum absolute atomic E-state index is 4.73. The van der Waals surface area contributed by atoms with Crippen molar-refractivity contribution in [3.8, 4) is 68.9 Å². The molecule has 0 unspecified atom stereocenters. The quantitative estimate of drug-likeness (QED) is 0.174. The zero-order valence-corrected chi connectivity index (χ0v) is 28.9. The van der Waals surface area contributed by atoms with Crippen molar-refractivity contribution >= 4 is 32.7 Å². The van der Waals surface area contributed by atoms with Gasteiger partial charge >= 0.3 is 0 Å². The van der Waals surface area contributed by atoms with Crippen LogP contribution in [0.5, 0.6) is 0 Å². The fourth-order valence-electron chi connectivity index (χ4n) is 7.19. The Morgan fingerprint density at radius 2 is 0.574 bits per heavy atom. The smallest absolute Gasteiger partial charge is 0.0780 e. The Hall–Kier alpha value is -7.77. The molecule has 3 heteroatoms. The van der Waals surface area contributed by atoms with E-state index in [1.54, 1.807) is 0 Å². The van der Waals surface area contributed by atoms with Gasteiger partial charge in [0, 0.05) is 84.8 Å². The summed E-state index contributed by atoms with van der Waals surface area (Å²) in [4.78, 5) is 14.2. The Morgan fingerprint density at radius 1 is 0.278 bits per heavy atom. The lowest BCUT2D eigenvalue weighted by molar-refractivity contribution is 1.41. The molecule has 3 aromatic heterocycles. The first-order valence-electron chi connectivity index (χ1n) is 17.8. The lowest BCUT2D eigenvalue weighted by Crippen LogP contribution is -1.93. The fourth-order valence-corrected chi connectivity index (χ4v) is 7.19. The van der Waals surface area contributed by atoms with Crippen molar-refractivity contribution in [1.29, 1.82) is 0 Å². The highest BCUT2D eigenvalue weighted by Crippen LogP contribution is 2.32. The molecule has 0 saturated carbocycles. The predicted molar refractivity (Wildman–Crippen MR) is 219 cm³/mol. The second-order valence-electron chi connectivity index (χ2n) is 13.2. The Bertz CT molecular complexity index is 3180. The van der Waals surface area contributed by atoms with Crippen LogP contribution in [0.3, 0.4) is 0 Å². The van der Waals surface area contributed by atoms with Crippen molar-refractivity contribution in [1.82, 2.24) is 15.0 Å². The summed E-state index contributed by atoms with van der Waals surface area (Å²) in [6.45, 7) is 0. The van der Waals surface area contributed by atoms with Crippen LogP contribution in [0.1, 0.15) is 33.4 Å². The standard InChI is InChI=1S/C51H27N3/c1-7-37-10-4-28-52-49(37)46(13-1)43-25-19-34-16-17-35-20-26-44(47-14-2-8-38-11-5-29-53-50(38)47)32-41(35)23-24-42-33-45(27-21-36(42)18-22-40(34)31-43)48-15-3-9-39-12-6-30-54-51(39)48/h1-15,19-21,25-33H. The molecule has 0 aliphatic heterocycles. The summed E-state index contributed by atoms with van der Waals surface area (Å²) in [5.74, 6) is 21.0. The first-order chi connectivity index (χ1) is 26.7. The van der Waals surface area contributed by atoms with Crippen molar-refractivity contribution in [2.24, 2.45) is 0 Å². The van der Waals surface area contributed by atoms with Crippen LogP contribution in [0.25, 0.3) is 66.1 Å². The van der Waals surface area contributed by atoms with E-state index in [9.17, 15) is 0 Å². The van der Waals surface area contributed by atoms with Gasteiger partial charge in [-0.25, -0.2) is 0 Å². The maximum Gasteiger partial charge on any atom is 0.0780 e. The second kappa shape index (κ2) is 13.1. The topological polar surface area (TPSA) is 38.7 Å². The highest BCUT2D eigenvalue weighted by Gasteiger charge is 2.12.